The van der Waals surface area contributed by atoms with Crippen LogP contribution in [0.3, 0.4) is 0 Å². The van der Waals surface area contributed by atoms with E-state index in [2.05, 4.69) is 15.3 Å². The Kier molecular flexibility index (Phi) is 4.40. The normalized spacial score (nSPS) is 10.7. The molecule has 8 nitrogen and oxygen atoms in total. The van der Waals surface area contributed by atoms with E-state index in [0.29, 0.717) is 12.5 Å². The molecule has 116 valence electrons. The number of anilines is 1. The first-order valence-corrected chi connectivity index (χ1v) is 6.69. The molecule has 0 unspecified atom stereocenters. The molecule has 2 rings (SSSR count). The summed E-state index contributed by atoms with van der Waals surface area (Å²) in [5.41, 5.74) is -1.07. The van der Waals surface area contributed by atoms with E-state index in [-0.39, 0.29) is 17.2 Å². The number of carbonyl (C=O) groups is 1. The minimum atomic E-state index is -1.08. The lowest BCUT2D eigenvalue weighted by atomic mass is 10.2. The molecule has 2 aromatic rings. The first-order valence-electron chi connectivity index (χ1n) is 6.69. The van der Waals surface area contributed by atoms with Gasteiger partial charge >= 0.3 is 17.3 Å². The molecule has 1 aromatic carbocycles. The van der Waals surface area contributed by atoms with Gasteiger partial charge in [-0.05, 0) is 30.2 Å². The predicted molar refractivity (Wildman–Crippen MR) is 80.7 cm³/mol. The quantitative estimate of drug-likeness (QED) is 0.748. The van der Waals surface area contributed by atoms with Crippen LogP contribution in [0, 0.1) is 5.92 Å². The summed E-state index contributed by atoms with van der Waals surface area (Å²) >= 11 is 0. The summed E-state index contributed by atoms with van der Waals surface area (Å²) in [6.45, 7) is 4.53. The van der Waals surface area contributed by atoms with Gasteiger partial charge in [-0.15, -0.1) is 0 Å². The SMILES string of the molecule is CC(C)CNc1nc(=O)n(-c2ccc(C(=O)O)cc2)c(=O)[nH]1. The number of nitrogens with zero attached hydrogens (tertiary/aromatic N) is 2. The Bertz CT molecular complexity index is 758. The van der Waals surface area contributed by atoms with Gasteiger partial charge in [0.2, 0.25) is 5.95 Å². The third-order valence-electron chi connectivity index (χ3n) is 2.88. The van der Waals surface area contributed by atoms with Gasteiger partial charge in [-0.2, -0.15) is 4.98 Å². The highest BCUT2D eigenvalue weighted by Gasteiger charge is 2.09. The van der Waals surface area contributed by atoms with Gasteiger partial charge in [0.15, 0.2) is 0 Å². The van der Waals surface area contributed by atoms with Gasteiger partial charge in [-0.25, -0.2) is 19.0 Å². The molecule has 0 aliphatic carbocycles. The Morgan fingerprint density at radius 3 is 2.45 bits per heavy atom. The second-order valence-corrected chi connectivity index (χ2v) is 5.14. The number of benzene rings is 1. The van der Waals surface area contributed by atoms with Crippen molar-refractivity contribution in [3.63, 3.8) is 0 Å². The molecule has 3 N–H and O–H groups in total. The molecule has 0 aliphatic rings. The van der Waals surface area contributed by atoms with Crippen LogP contribution in [0.5, 0.6) is 0 Å². The fraction of sp³-hybridized carbons (Fsp3) is 0.286. The van der Waals surface area contributed by atoms with Crippen LogP contribution in [0.2, 0.25) is 0 Å². The molecule has 8 heteroatoms. The van der Waals surface area contributed by atoms with E-state index < -0.39 is 17.3 Å². The molecule has 0 saturated carbocycles. The van der Waals surface area contributed by atoms with Crippen LogP contribution in [0.4, 0.5) is 5.95 Å². The number of aromatic nitrogens is 3. The molecule has 1 heterocycles. The highest BCUT2D eigenvalue weighted by atomic mass is 16.4. The average molecular weight is 304 g/mol. The van der Waals surface area contributed by atoms with E-state index in [0.717, 1.165) is 4.57 Å². The minimum absolute atomic E-state index is 0.0661. The van der Waals surface area contributed by atoms with Gasteiger partial charge in [-0.3, -0.25) is 4.98 Å². The van der Waals surface area contributed by atoms with E-state index in [1.54, 1.807) is 0 Å². The van der Waals surface area contributed by atoms with Crippen molar-refractivity contribution in [3.8, 4) is 5.69 Å². The fourth-order valence-electron chi connectivity index (χ4n) is 1.78. The molecule has 0 spiro atoms. The van der Waals surface area contributed by atoms with Crippen LogP contribution in [-0.2, 0) is 0 Å². The van der Waals surface area contributed by atoms with Gasteiger partial charge in [0.1, 0.15) is 0 Å². The monoisotopic (exact) mass is 304 g/mol. The molecular weight excluding hydrogens is 288 g/mol. The Hall–Kier alpha value is -2.90. The van der Waals surface area contributed by atoms with Crippen LogP contribution in [0.25, 0.3) is 5.69 Å². The number of rotatable bonds is 5. The Balaban J connectivity index is 2.38. The van der Waals surface area contributed by atoms with Crippen LogP contribution in [-0.4, -0.2) is 32.2 Å². The molecule has 0 fully saturated rings. The largest absolute Gasteiger partial charge is 0.478 e. The van der Waals surface area contributed by atoms with E-state index >= 15 is 0 Å². The third kappa shape index (κ3) is 3.40. The lowest BCUT2D eigenvalue weighted by Gasteiger charge is -2.09. The molecule has 0 aliphatic heterocycles. The molecule has 0 atom stereocenters. The Morgan fingerprint density at radius 2 is 1.95 bits per heavy atom. The third-order valence-corrected chi connectivity index (χ3v) is 2.88. The number of aromatic amines is 1. The second kappa shape index (κ2) is 6.25. The van der Waals surface area contributed by atoms with Crippen molar-refractivity contribution >= 4 is 11.9 Å². The van der Waals surface area contributed by atoms with Crippen molar-refractivity contribution < 1.29 is 9.90 Å². The predicted octanol–water partition coefficient (Wildman–Crippen LogP) is 0.687. The van der Waals surface area contributed by atoms with Gasteiger partial charge in [0.25, 0.3) is 0 Å². The zero-order valence-corrected chi connectivity index (χ0v) is 12.2. The fourth-order valence-corrected chi connectivity index (χ4v) is 1.78. The summed E-state index contributed by atoms with van der Waals surface area (Å²) < 4.78 is 0.839. The molecule has 0 bridgehead atoms. The van der Waals surface area contributed by atoms with Crippen molar-refractivity contribution in [3.05, 3.63) is 50.8 Å². The van der Waals surface area contributed by atoms with Crippen LogP contribution < -0.4 is 16.7 Å². The number of nitrogens with one attached hydrogen (secondary N) is 2. The van der Waals surface area contributed by atoms with E-state index in [1.165, 1.54) is 24.3 Å². The zero-order valence-electron chi connectivity index (χ0n) is 12.2. The summed E-state index contributed by atoms with van der Waals surface area (Å²) in [6, 6.07) is 5.38. The molecule has 0 radical (unpaired) electrons. The smallest absolute Gasteiger partial charge is 0.359 e. The van der Waals surface area contributed by atoms with E-state index in [1.807, 2.05) is 13.8 Å². The number of carboxylic acids is 1. The summed E-state index contributed by atoms with van der Waals surface area (Å²) in [7, 11) is 0. The lowest BCUT2D eigenvalue weighted by molar-refractivity contribution is 0.0697. The summed E-state index contributed by atoms with van der Waals surface area (Å²) in [5.74, 6) is -0.641. The molecular formula is C14H16N4O4. The summed E-state index contributed by atoms with van der Waals surface area (Å²) in [4.78, 5) is 41.1. The maximum atomic E-state index is 12.0. The molecule has 22 heavy (non-hydrogen) atoms. The van der Waals surface area contributed by atoms with Crippen molar-refractivity contribution in [1.29, 1.82) is 0 Å². The van der Waals surface area contributed by atoms with Gasteiger partial charge in [0.05, 0.1) is 11.3 Å². The first kappa shape index (κ1) is 15.5. The number of aromatic carboxylic acids is 1. The van der Waals surface area contributed by atoms with Gasteiger partial charge < -0.3 is 10.4 Å². The minimum Gasteiger partial charge on any atom is -0.478 e. The van der Waals surface area contributed by atoms with Crippen LogP contribution in [0.1, 0.15) is 24.2 Å². The Labute approximate surface area is 125 Å². The summed E-state index contributed by atoms with van der Waals surface area (Å²) in [5, 5.41) is 11.7. The average Bonchev–Trinajstić information content (AvgIpc) is 2.45. The zero-order chi connectivity index (χ0) is 16.3. The van der Waals surface area contributed by atoms with Crippen LogP contribution in [0.15, 0.2) is 33.9 Å². The number of carboxylic acid groups (broad SMARTS) is 1. The molecule has 0 amide bonds. The van der Waals surface area contributed by atoms with Crippen molar-refractivity contribution in [2.75, 3.05) is 11.9 Å². The van der Waals surface area contributed by atoms with Crippen molar-refractivity contribution in [1.82, 2.24) is 14.5 Å². The van der Waals surface area contributed by atoms with Crippen molar-refractivity contribution in [2.24, 2.45) is 5.92 Å². The highest BCUT2D eigenvalue weighted by molar-refractivity contribution is 5.87. The second-order valence-electron chi connectivity index (χ2n) is 5.14. The maximum absolute atomic E-state index is 12.0. The van der Waals surface area contributed by atoms with Crippen molar-refractivity contribution in [2.45, 2.75) is 13.8 Å². The number of hydrogen-bond acceptors (Lipinski definition) is 5. The van der Waals surface area contributed by atoms with E-state index in [9.17, 15) is 14.4 Å². The first-order chi connectivity index (χ1) is 10.4. The van der Waals surface area contributed by atoms with Gasteiger partial charge in [-0.1, -0.05) is 13.8 Å². The summed E-state index contributed by atoms with van der Waals surface area (Å²) in [6.07, 6.45) is 0. The number of hydrogen-bond donors (Lipinski definition) is 3. The number of H-pyrrole nitrogens is 1. The maximum Gasteiger partial charge on any atom is 0.359 e. The lowest BCUT2D eigenvalue weighted by Crippen LogP contribution is -2.36. The topological polar surface area (TPSA) is 117 Å². The molecule has 0 saturated heterocycles. The van der Waals surface area contributed by atoms with Gasteiger partial charge in [0, 0.05) is 6.54 Å². The van der Waals surface area contributed by atoms with E-state index in [4.69, 9.17) is 5.11 Å². The standard InChI is InChI=1S/C14H16N4O4/c1-8(2)7-15-12-16-13(21)18(14(22)17-12)10-5-3-9(4-6-10)11(19)20/h3-6,8H,7H2,1-2H3,(H,19,20)(H2,15,16,17,21,22). The highest BCUT2D eigenvalue weighted by Crippen LogP contribution is 2.06. The Morgan fingerprint density at radius 1 is 1.32 bits per heavy atom. The van der Waals surface area contributed by atoms with Crippen LogP contribution >= 0.6 is 0 Å². The molecule has 1 aromatic heterocycles.